The van der Waals surface area contributed by atoms with Crippen molar-refractivity contribution in [3.8, 4) is 0 Å². The molecule has 1 atom stereocenters. The van der Waals surface area contributed by atoms with Gasteiger partial charge in [-0.15, -0.1) is 0 Å². The van der Waals surface area contributed by atoms with Crippen molar-refractivity contribution in [3.63, 3.8) is 0 Å². The first-order valence-electron chi connectivity index (χ1n) is 4.50. The van der Waals surface area contributed by atoms with Crippen LogP contribution in [0.2, 0.25) is 0 Å². The topological polar surface area (TPSA) is 52.3 Å². The van der Waals surface area contributed by atoms with Gasteiger partial charge < -0.3 is 10.5 Å². The van der Waals surface area contributed by atoms with Gasteiger partial charge in [0, 0.05) is 6.61 Å². The van der Waals surface area contributed by atoms with Crippen LogP contribution in [0, 0.1) is 0 Å². The summed E-state index contributed by atoms with van der Waals surface area (Å²) < 4.78 is 5.26. The van der Waals surface area contributed by atoms with E-state index in [1.165, 1.54) is 0 Å². The molecule has 0 fully saturated rings. The highest BCUT2D eigenvalue weighted by Gasteiger charge is 2.05. The Kier molecular flexibility index (Phi) is 7.00. The molecule has 0 aromatic carbocycles. The van der Waals surface area contributed by atoms with E-state index in [0.29, 0.717) is 6.61 Å². The third kappa shape index (κ3) is 6.31. The van der Waals surface area contributed by atoms with E-state index >= 15 is 0 Å². The molecule has 0 aliphatic rings. The maximum Gasteiger partial charge on any atom is 0.158 e. The smallest absolute Gasteiger partial charge is 0.158 e. The lowest BCUT2D eigenvalue weighted by Crippen LogP contribution is -2.18. The van der Waals surface area contributed by atoms with Crippen LogP contribution in [-0.4, -0.2) is 25.0 Å². The fraction of sp³-hybridized carbons (Fsp3) is 0.889. The summed E-state index contributed by atoms with van der Waals surface area (Å²) in [4.78, 5) is 10.7. The summed E-state index contributed by atoms with van der Waals surface area (Å²) in [5, 5.41) is 0. The van der Waals surface area contributed by atoms with Gasteiger partial charge in [0.1, 0.15) is 6.10 Å². The van der Waals surface area contributed by atoms with E-state index in [2.05, 4.69) is 0 Å². The van der Waals surface area contributed by atoms with Gasteiger partial charge in [-0.3, -0.25) is 4.79 Å². The molecule has 0 aromatic rings. The molecule has 0 rings (SSSR count). The molecule has 0 saturated heterocycles. The normalized spacial score (nSPS) is 12.9. The molecular weight excluding hydrogens is 154 g/mol. The predicted molar refractivity (Wildman–Crippen MR) is 49.0 cm³/mol. The molecule has 72 valence electrons. The summed E-state index contributed by atoms with van der Waals surface area (Å²) in [7, 11) is 0. The highest BCUT2D eigenvalue weighted by molar-refractivity contribution is 5.79. The van der Waals surface area contributed by atoms with Crippen molar-refractivity contribution in [2.45, 2.75) is 39.2 Å². The first-order chi connectivity index (χ1) is 5.68. The van der Waals surface area contributed by atoms with Gasteiger partial charge in [-0.25, -0.2) is 0 Å². The Labute approximate surface area is 74.3 Å². The fourth-order valence-corrected chi connectivity index (χ4v) is 0.801. The van der Waals surface area contributed by atoms with E-state index in [4.69, 9.17) is 10.5 Å². The molecule has 2 N–H and O–H groups in total. The first-order valence-corrected chi connectivity index (χ1v) is 4.50. The summed E-state index contributed by atoms with van der Waals surface area (Å²) in [5.41, 5.74) is 5.32. The third-order valence-electron chi connectivity index (χ3n) is 1.79. The Bertz CT molecular complexity index is 126. The number of Topliss-reactive ketones (excluding diaryl/α,β-unsaturated/α-hetero) is 1. The van der Waals surface area contributed by atoms with Crippen LogP contribution in [0.3, 0.4) is 0 Å². The van der Waals surface area contributed by atoms with Gasteiger partial charge in [-0.2, -0.15) is 0 Å². The van der Waals surface area contributed by atoms with Crippen LogP contribution in [-0.2, 0) is 9.53 Å². The van der Waals surface area contributed by atoms with Crippen LogP contribution >= 0.6 is 0 Å². The molecule has 1 unspecified atom stereocenters. The minimum Gasteiger partial charge on any atom is -0.371 e. The molecule has 3 heteroatoms. The number of carbonyl (C=O) groups is 1. The van der Waals surface area contributed by atoms with Gasteiger partial charge in [0.15, 0.2) is 5.78 Å². The molecule has 0 aliphatic heterocycles. The van der Waals surface area contributed by atoms with Crippen LogP contribution < -0.4 is 5.73 Å². The van der Waals surface area contributed by atoms with Crippen molar-refractivity contribution in [2.24, 2.45) is 5.73 Å². The Balaban J connectivity index is 3.14. The lowest BCUT2D eigenvalue weighted by molar-refractivity contribution is -0.127. The maximum atomic E-state index is 10.7. The molecule has 12 heavy (non-hydrogen) atoms. The minimum atomic E-state index is -0.247. The molecule has 0 saturated carbocycles. The number of rotatable bonds is 7. The van der Waals surface area contributed by atoms with E-state index in [1.54, 1.807) is 13.8 Å². The zero-order chi connectivity index (χ0) is 9.40. The van der Waals surface area contributed by atoms with Gasteiger partial charge in [0.05, 0.1) is 0 Å². The Hall–Kier alpha value is -0.410. The SMILES string of the molecule is CC(=O)C(C)OCCCCCN. The zero-order valence-corrected chi connectivity index (χ0v) is 8.01. The quantitative estimate of drug-likeness (QED) is 0.587. The first kappa shape index (κ1) is 11.6. The fourth-order valence-electron chi connectivity index (χ4n) is 0.801. The molecular formula is C9H19NO2. The minimum absolute atomic E-state index is 0.0915. The van der Waals surface area contributed by atoms with E-state index < -0.39 is 0 Å². The number of ketones is 1. The number of carbonyl (C=O) groups excluding carboxylic acids is 1. The van der Waals surface area contributed by atoms with Crippen LogP contribution in [0.25, 0.3) is 0 Å². The van der Waals surface area contributed by atoms with E-state index in [-0.39, 0.29) is 11.9 Å². The van der Waals surface area contributed by atoms with E-state index in [1.807, 2.05) is 0 Å². The predicted octanol–water partition coefficient (Wildman–Crippen LogP) is 1.11. The maximum absolute atomic E-state index is 10.7. The summed E-state index contributed by atoms with van der Waals surface area (Å²) in [5.74, 6) is 0.0915. The van der Waals surface area contributed by atoms with Crippen molar-refractivity contribution >= 4 is 5.78 Å². The summed E-state index contributed by atoms with van der Waals surface area (Å²) >= 11 is 0. The van der Waals surface area contributed by atoms with Crippen molar-refractivity contribution < 1.29 is 9.53 Å². The molecule has 0 spiro atoms. The number of unbranched alkanes of at least 4 members (excludes halogenated alkanes) is 2. The Morgan fingerprint density at radius 1 is 1.42 bits per heavy atom. The van der Waals surface area contributed by atoms with Gasteiger partial charge in [0.25, 0.3) is 0 Å². The number of hydrogen-bond donors (Lipinski definition) is 1. The van der Waals surface area contributed by atoms with Crippen molar-refractivity contribution in [1.82, 2.24) is 0 Å². The second-order valence-electron chi connectivity index (χ2n) is 2.97. The van der Waals surface area contributed by atoms with Crippen molar-refractivity contribution in [3.05, 3.63) is 0 Å². The Morgan fingerprint density at radius 3 is 2.58 bits per heavy atom. The van der Waals surface area contributed by atoms with E-state index in [9.17, 15) is 4.79 Å². The molecule has 0 bridgehead atoms. The lowest BCUT2D eigenvalue weighted by Gasteiger charge is -2.08. The number of ether oxygens (including phenoxy) is 1. The summed E-state index contributed by atoms with van der Waals surface area (Å²) in [6, 6.07) is 0. The standard InChI is InChI=1S/C9H19NO2/c1-8(11)9(2)12-7-5-3-4-6-10/h9H,3-7,10H2,1-2H3. The molecule has 0 radical (unpaired) electrons. The second-order valence-corrected chi connectivity index (χ2v) is 2.97. The number of nitrogens with two attached hydrogens (primary N) is 1. The van der Waals surface area contributed by atoms with Crippen LogP contribution in [0.15, 0.2) is 0 Å². The zero-order valence-electron chi connectivity index (χ0n) is 8.01. The van der Waals surface area contributed by atoms with Crippen LogP contribution in [0.5, 0.6) is 0 Å². The molecule has 0 amide bonds. The molecule has 0 aromatic heterocycles. The average molecular weight is 173 g/mol. The van der Waals surface area contributed by atoms with Gasteiger partial charge in [-0.05, 0) is 39.7 Å². The summed E-state index contributed by atoms with van der Waals surface area (Å²) in [6.45, 7) is 4.73. The third-order valence-corrected chi connectivity index (χ3v) is 1.79. The largest absolute Gasteiger partial charge is 0.371 e. The highest BCUT2D eigenvalue weighted by atomic mass is 16.5. The highest BCUT2D eigenvalue weighted by Crippen LogP contribution is 1.98. The van der Waals surface area contributed by atoms with Gasteiger partial charge >= 0.3 is 0 Å². The molecule has 3 nitrogen and oxygen atoms in total. The van der Waals surface area contributed by atoms with Crippen LogP contribution in [0.4, 0.5) is 0 Å². The van der Waals surface area contributed by atoms with Crippen molar-refractivity contribution in [2.75, 3.05) is 13.2 Å². The summed E-state index contributed by atoms with van der Waals surface area (Å²) in [6.07, 6.45) is 2.87. The van der Waals surface area contributed by atoms with Crippen LogP contribution in [0.1, 0.15) is 33.1 Å². The van der Waals surface area contributed by atoms with Gasteiger partial charge in [-0.1, -0.05) is 0 Å². The van der Waals surface area contributed by atoms with Gasteiger partial charge in [0.2, 0.25) is 0 Å². The lowest BCUT2D eigenvalue weighted by atomic mass is 10.2. The number of hydrogen-bond acceptors (Lipinski definition) is 3. The average Bonchev–Trinajstić information content (AvgIpc) is 2.03. The van der Waals surface area contributed by atoms with Crippen molar-refractivity contribution in [1.29, 1.82) is 0 Å². The van der Waals surface area contributed by atoms with E-state index in [0.717, 1.165) is 25.8 Å². The molecule has 0 aliphatic carbocycles. The second kappa shape index (κ2) is 7.25. The molecule has 0 heterocycles. The Morgan fingerprint density at radius 2 is 2.08 bits per heavy atom. The monoisotopic (exact) mass is 173 g/mol.